The molecule has 1 aliphatic rings. The van der Waals surface area contributed by atoms with E-state index in [1.54, 1.807) is 6.20 Å². The van der Waals surface area contributed by atoms with Crippen molar-refractivity contribution >= 4 is 11.8 Å². The Labute approximate surface area is 125 Å². The normalized spacial score (nSPS) is 16.7. The highest BCUT2D eigenvalue weighted by Crippen LogP contribution is 2.19. The number of esters is 1. The SMILES string of the molecule is CCCNc1cnc(CN2CCC(C(=O)OC)CC2)cn1. The van der Waals surface area contributed by atoms with Crippen LogP contribution in [0.5, 0.6) is 0 Å². The van der Waals surface area contributed by atoms with Gasteiger partial charge in [0.05, 0.1) is 31.1 Å². The second-order valence-electron chi connectivity index (χ2n) is 5.39. The number of anilines is 1. The van der Waals surface area contributed by atoms with E-state index in [1.807, 2.05) is 6.20 Å². The topological polar surface area (TPSA) is 67.4 Å². The summed E-state index contributed by atoms with van der Waals surface area (Å²) in [7, 11) is 1.46. The highest BCUT2D eigenvalue weighted by molar-refractivity contribution is 5.72. The van der Waals surface area contributed by atoms with Crippen LogP contribution in [-0.2, 0) is 16.1 Å². The predicted molar refractivity (Wildman–Crippen MR) is 80.8 cm³/mol. The van der Waals surface area contributed by atoms with Crippen molar-refractivity contribution in [2.45, 2.75) is 32.7 Å². The smallest absolute Gasteiger partial charge is 0.308 e. The molecule has 1 saturated heterocycles. The maximum Gasteiger partial charge on any atom is 0.308 e. The first-order chi connectivity index (χ1) is 10.2. The number of likely N-dealkylation sites (tertiary alicyclic amines) is 1. The van der Waals surface area contributed by atoms with Gasteiger partial charge in [0.1, 0.15) is 5.82 Å². The van der Waals surface area contributed by atoms with E-state index in [-0.39, 0.29) is 11.9 Å². The van der Waals surface area contributed by atoms with Gasteiger partial charge >= 0.3 is 5.97 Å². The first-order valence-corrected chi connectivity index (χ1v) is 7.58. The third kappa shape index (κ3) is 4.67. The molecular formula is C15H24N4O2. The summed E-state index contributed by atoms with van der Waals surface area (Å²) in [5.41, 5.74) is 0.966. The van der Waals surface area contributed by atoms with Crippen LogP contribution in [0.25, 0.3) is 0 Å². The van der Waals surface area contributed by atoms with Gasteiger partial charge in [0.25, 0.3) is 0 Å². The van der Waals surface area contributed by atoms with Crippen molar-refractivity contribution in [1.29, 1.82) is 0 Å². The summed E-state index contributed by atoms with van der Waals surface area (Å²) in [6.07, 6.45) is 6.39. The zero-order valence-corrected chi connectivity index (χ0v) is 12.8. The molecule has 0 atom stereocenters. The van der Waals surface area contributed by atoms with Gasteiger partial charge in [0, 0.05) is 13.1 Å². The Morgan fingerprint density at radius 2 is 2.14 bits per heavy atom. The molecule has 1 aliphatic heterocycles. The lowest BCUT2D eigenvalue weighted by molar-refractivity contribution is -0.147. The van der Waals surface area contributed by atoms with Crippen molar-refractivity contribution in [1.82, 2.24) is 14.9 Å². The van der Waals surface area contributed by atoms with Crippen molar-refractivity contribution in [3.8, 4) is 0 Å². The minimum Gasteiger partial charge on any atom is -0.469 e. The first kappa shape index (κ1) is 15.7. The number of rotatable bonds is 6. The molecule has 2 heterocycles. The zero-order chi connectivity index (χ0) is 15.1. The van der Waals surface area contributed by atoms with E-state index >= 15 is 0 Å². The van der Waals surface area contributed by atoms with Crippen molar-refractivity contribution in [3.05, 3.63) is 18.1 Å². The van der Waals surface area contributed by atoms with Crippen LogP contribution in [0.2, 0.25) is 0 Å². The summed E-state index contributed by atoms with van der Waals surface area (Å²) in [5, 5.41) is 3.21. The van der Waals surface area contributed by atoms with Crippen LogP contribution in [0.3, 0.4) is 0 Å². The number of hydrogen-bond acceptors (Lipinski definition) is 6. The molecule has 21 heavy (non-hydrogen) atoms. The van der Waals surface area contributed by atoms with Gasteiger partial charge in [-0.05, 0) is 32.4 Å². The van der Waals surface area contributed by atoms with E-state index in [0.717, 1.165) is 57.0 Å². The molecule has 6 heteroatoms. The Kier molecular flexibility index (Phi) is 5.92. The van der Waals surface area contributed by atoms with Gasteiger partial charge in [-0.25, -0.2) is 4.98 Å². The van der Waals surface area contributed by atoms with E-state index in [4.69, 9.17) is 4.74 Å². The minimum absolute atomic E-state index is 0.0537. The third-order valence-corrected chi connectivity index (χ3v) is 3.77. The average molecular weight is 292 g/mol. The fourth-order valence-electron chi connectivity index (χ4n) is 2.50. The summed E-state index contributed by atoms with van der Waals surface area (Å²) in [6.45, 7) is 5.62. The van der Waals surface area contributed by atoms with Crippen LogP contribution >= 0.6 is 0 Å². The molecule has 0 spiro atoms. The Balaban J connectivity index is 1.79. The van der Waals surface area contributed by atoms with Gasteiger partial charge in [-0.2, -0.15) is 0 Å². The molecule has 1 aromatic rings. The number of methoxy groups -OCH3 is 1. The zero-order valence-electron chi connectivity index (χ0n) is 12.8. The summed E-state index contributed by atoms with van der Waals surface area (Å²) < 4.78 is 4.80. The predicted octanol–water partition coefficient (Wildman–Crippen LogP) is 1.68. The van der Waals surface area contributed by atoms with Crippen molar-refractivity contribution in [3.63, 3.8) is 0 Å². The second-order valence-corrected chi connectivity index (χ2v) is 5.39. The Morgan fingerprint density at radius 1 is 1.38 bits per heavy atom. The van der Waals surface area contributed by atoms with Crippen LogP contribution in [0.1, 0.15) is 31.9 Å². The summed E-state index contributed by atoms with van der Waals surface area (Å²) in [5.74, 6) is 0.795. The van der Waals surface area contributed by atoms with Crippen LogP contribution in [0.4, 0.5) is 5.82 Å². The molecular weight excluding hydrogens is 268 g/mol. The molecule has 0 bridgehead atoms. The van der Waals surface area contributed by atoms with Gasteiger partial charge in [0.15, 0.2) is 0 Å². The number of carbonyl (C=O) groups is 1. The molecule has 6 nitrogen and oxygen atoms in total. The quantitative estimate of drug-likeness (QED) is 0.805. The second kappa shape index (κ2) is 7.93. The molecule has 0 aromatic carbocycles. The molecule has 1 aromatic heterocycles. The summed E-state index contributed by atoms with van der Waals surface area (Å²) in [6, 6.07) is 0. The van der Waals surface area contributed by atoms with Gasteiger partial charge in [-0.15, -0.1) is 0 Å². The van der Waals surface area contributed by atoms with Crippen LogP contribution in [-0.4, -0.2) is 47.6 Å². The molecule has 116 valence electrons. The average Bonchev–Trinajstić information content (AvgIpc) is 2.54. The van der Waals surface area contributed by atoms with Crippen molar-refractivity contribution in [2.24, 2.45) is 5.92 Å². The van der Waals surface area contributed by atoms with Gasteiger partial charge in [-0.1, -0.05) is 6.92 Å². The molecule has 1 N–H and O–H groups in total. The fourth-order valence-corrected chi connectivity index (χ4v) is 2.50. The van der Waals surface area contributed by atoms with Gasteiger partial charge < -0.3 is 10.1 Å². The summed E-state index contributed by atoms with van der Waals surface area (Å²) >= 11 is 0. The van der Waals surface area contributed by atoms with E-state index < -0.39 is 0 Å². The lowest BCUT2D eigenvalue weighted by Gasteiger charge is -2.30. The highest BCUT2D eigenvalue weighted by atomic mass is 16.5. The molecule has 1 fully saturated rings. The van der Waals surface area contributed by atoms with Gasteiger partial charge in [0.2, 0.25) is 0 Å². The number of piperidine rings is 1. The lowest BCUT2D eigenvalue weighted by atomic mass is 9.97. The van der Waals surface area contributed by atoms with E-state index in [1.165, 1.54) is 7.11 Å². The number of nitrogens with zero attached hydrogens (tertiary/aromatic N) is 3. The third-order valence-electron chi connectivity index (χ3n) is 3.77. The van der Waals surface area contributed by atoms with Crippen molar-refractivity contribution in [2.75, 3.05) is 32.1 Å². The highest BCUT2D eigenvalue weighted by Gasteiger charge is 2.25. The maximum absolute atomic E-state index is 11.5. The van der Waals surface area contributed by atoms with E-state index in [9.17, 15) is 4.79 Å². The van der Waals surface area contributed by atoms with E-state index in [2.05, 4.69) is 27.1 Å². The number of nitrogens with one attached hydrogen (secondary N) is 1. The van der Waals surface area contributed by atoms with Crippen LogP contribution in [0.15, 0.2) is 12.4 Å². The number of ether oxygens (including phenoxy) is 1. The minimum atomic E-state index is -0.0826. The summed E-state index contributed by atoms with van der Waals surface area (Å²) in [4.78, 5) is 22.6. The van der Waals surface area contributed by atoms with E-state index in [0.29, 0.717) is 0 Å². The largest absolute Gasteiger partial charge is 0.469 e. The molecule has 0 amide bonds. The van der Waals surface area contributed by atoms with Crippen LogP contribution < -0.4 is 5.32 Å². The fraction of sp³-hybridized carbons (Fsp3) is 0.667. The number of aromatic nitrogens is 2. The molecule has 0 unspecified atom stereocenters. The number of hydrogen-bond donors (Lipinski definition) is 1. The first-order valence-electron chi connectivity index (χ1n) is 7.58. The standard InChI is InChI=1S/C15H24N4O2/c1-3-6-16-14-10-17-13(9-18-14)11-19-7-4-12(5-8-19)15(20)21-2/h9-10,12H,3-8,11H2,1-2H3,(H,16,18). The Morgan fingerprint density at radius 3 is 2.71 bits per heavy atom. The van der Waals surface area contributed by atoms with Crippen molar-refractivity contribution < 1.29 is 9.53 Å². The molecule has 2 rings (SSSR count). The lowest BCUT2D eigenvalue weighted by Crippen LogP contribution is -2.36. The Hall–Kier alpha value is -1.69. The molecule has 0 saturated carbocycles. The maximum atomic E-state index is 11.5. The van der Waals surface area contributed by atoms with Gasteiger partial charge in [-0.3, -0.25) is 14.7 Å². The monoisotopic (exact) mass is 292 g/mol. The Bertz CT molecular complexity index is 441. The molecule has 0 aliphatic carbocycles. The van der Waals surface area contributed by atoms with Crippen LogP contribution in [0, 0.1) is 5.92 Å². The molecule has 0 radical (unpaired) electrons. The number of carbonyl (C=O) groups excluding carboxylic acids is 1.